The molecule has 6 nitrogen and oxygen atoms in total. The van der Waals surface area contributed by atoms with Crippen molar-refractivity contribution in [3.8, 4) is 16.9 Å². The SMILES string of the molecule is O=C(c1ccc(-c2cncnc2)cc1F)N1CCC(Oc2cncc(Cl)c2)CC1. The highest BCUT2D eigenvalue weighted by Gasteiger charge is 2.26. The van der Waals surface area contributed by atoms with Crippen LogP contribution in [-0.4, -0.2) is 45.0 Å². The fraction of sp³-hybridized carbons (Fsp3) is 0.238. The van der Waals surface area contributed by atoms with Crippen LogP contribution in [0, 0.1) is 5.82 Å². The molecular formula is C21H18ClFN4O2. The predicted molar refractivity (Wildman–Crippen MR) is 106 cm³/mol. The molecule has 0 unspecified atom stereocenters. The molecule has 8 heteroatoms. The predicted octanol–water partition coefficient (Wildman–Crippen LogP) is 4.01. The summed E-state index contributed by atoms with van der Waals surface area (Å²) in [7, 11) is 0. The first-order valence-corrected chi connectivity index (χ1v) is 9.59. The summed E-state index contributed by atoms with van der Waals surface area (Å²) in [6, 6.07) is 6.27. The average Bonchev–Trinajstić information content (AvgIpc) is 2.74. The van der Waals surface area contributed by atoms with Crippen molar-refractivity contribution in [3.63, 3.8) is 0 Å². The molecule has 0 atom stereocenters. The van der Waals surface area contributed by atoms with Crippen molar-refractivity contribution in [2.45, 2.75) is 18.9 Å². The van der Waals surface area contributed by atoms with E-state index < -0.39 is 5.82 Å². The Labute approximate surface area is 172 Å². The third-order valence-corrected chi connectivity index (χ3v) is 5.01. The lowest BCUT2D eigenvalue weighted by Gasteiger charge is -2.32. The van der Waals surface area contributed by atoms with Crippen LogP contribution in [0.15, 0.2) is 55.4 Å². The van der Waals surface area contributed by atoms with Crippen LogP contribution < -0.4 is 4.74 Å². The number of halogens is 2. The van der Waals surface area contributed by atoms with Crippen LogP contribution in [0.4, 0.5) is 4.39 Å². The van der Waals surface area contributed by atoms with Gasteiger partial charge < -0.3 is 9.64 Å². The molecule has 0 bridgehead atoms. The Bertz CT molecular complexity index is 1010. The van der Waals surface area contributed by atoms with E-state index in [0.29, 0.717) is 47.8 Å². The molecule has 2 aromatic heterocycles. The molecule has 4 rings (SSSR count). The van der Waals surface area contributed by atoms with Crippen molar-refractivity contribution < 1.29 is 13.9 Å². The van der Waals surface area contributed by atoms with Gasteiger partial charge in [0, 0.05) is 56.2 Å². The highest BCUT2D eigenvalue weighted by Crippen LogP contribution is 2.24. The van der Waals surface area contributed by atoms with Gasteiger partial charge in [0.1, 0.15) is 24.0 Å². The van der Waals surface area contributed by atoms with E-state index in [1.54, 1.807) is 41.8 Å². The topological polar surface area (TPSA) is 68.2 Å². The minimum Gasteiger partial charge on any atom is -0.489 e. The standard InChI is InChI=1S/C21H18ClFN4O2/c22-16-8-18(12-24-11-16)29-17-3-5-27(6-4-17)21(28)19-2-1-14(7-20(19)23)15-9-25-13-26-10-15/h1-2,7-13,17H,3-6H2. The van der Waals surface area contributed by atoms with Gasteiger partial charge in [-0.05, 0) is 17.7 Å². The van der Waals surface area contributed by atoms with Crippen LogP contribution in [0.5, 0.6) is 5.75 Å². The summed E-state index contributed by atoms with van der Waals surface area (Å²) in [5, 5.41) is 0.510. The Morgan fingerprint density at radius 1 is 1.03 bits per heavy atom. The smallest absolute Gasteiger partial charge is 0.256 e. The zero-order chi connectivity index (χ0) is 20.2. The molecule has 0 aliphatic carbocycles. The van der Waals surface area contributed by atoms with Crippen molar-refractivity contribution in [1.82, 2.24) is 19.9 Å². The summed E-state index contributed by atoms with van der Waals surface area (Å²) in [6.45, 7) is 0.983. The van der Waals surface area contributed by atoms with Gasteiger partial charge in [0.2, 0.25) is 0 Å². The van der Waals surface area contributed by atoms with Crippen LogP contribution in [0.1, 0.15) is 23.2 Å². The third kappa shape index (κ3) is 4.51. The molecule has 3 heterocycles. The number of ether oxygens (including phenoxy) is 1. The van der Waals surface area contributed by atoms with Gasteiger partial charge in [0.25, 0.3) is 5.91 Å². The molecule has 148 valence electrons. The quantitative estimate of drug-likeness (QED) is 0.647. The molecule has 0 radical (unpaired) electrons. The maximum atomic E-state index is 14.6. The second-order valence-electron chi connectivity index (χ2n) is 6.77. The molecule has 29 heavy (non-hydrogen) atoms. The van der Waals surface area contributed by atoms with Gasteiger partial charge in [0.15, 0.2) is 0 Å². The summed E-state index contributed by atoms with van der Waals surface area (Å²) in [6.07, 6.45) is 9.03. The van der Waals surface area contributed by atoms with E-state index in [-0.39, 0.29) is 17.6 Å². The summed E-state index contributed by atoms with van der Waals surface area (Å²) < 4.78 is 20.5. The fourth-order valence-corrected chi connectivity index (χ4v) is 3.48. The monoisotopic (exact) mass is 412 g/mol. The molecule has 0 spiro atoms. The summed E-state index contributed by atoms with van der Waals surface area (Å²) in [5.74, 6) is -0.269. The number of hydrogen-bond acceptors (Lipinski definition) is 5. The molecule has 1 amide bonds. The first-order chi connectivity index (χ1) is 14.1. The number of rotatable bonds is 4. The Morgan fingerprint density at radius 3 is 2.48 bits per heavy atom. The highest BCUT2D eigenvalue weighted by molar-refractivity contribution is 6.30. The minimum atomic E-state index is -0.556. The lowest BCUT2D eigenvalue weighted by Crippen LogP contribution is -2.42. The normalized spacial score (nSPS) is 14.6. The number of hydrogen-bond donors (Lipinski definition) is 0. The molecule has 1 fully saturated rings. The lowest BCUT2D eigenvalue weighted by atomic mass is 10.0. The largest absolute Gasteiger partial charge is 0.489 e. The molecular weight excluding hydrogens is 395 g/mol. The summed E-state index contributed by atoms with van der Waals surface area (Å²) >= 11 is 5.92. The Kier molecular flexibility index (Phi) is 5.67. The minimum absolute atomic E-state index is 0.0374. The van der Waals surface area contributed by atoms with E-state index in [4.69, 9.17) is 16.3 Å². The second-order valence-corrected chi connectivity index (χ2v) is 7.21. The third-order valence-electron chi connectivity index (χ3n) is 4.81. The highest BCUT2D eigenvalue weighted by atomic mass is 35.5. The first kappa shape index (κ1) is 19.3. The molecule has 0 saturated carbocycles. The van der Waals surface area contributed by atoms with Gasteiger partial charge in [-0.15, -0.1) is 0 Å². The van der Waals surface area contributed by atoms with Crippen LogP contribution in [0.2, 0.25) is 5.02 Å². The van der Waals surface area contributed by atoms with Crippen LogP contribution in [0.3, 0.4) is 0 Å². The van der Waals surface area contributed by atoms with Crippen molar-refractivity contribution in [1.29, 1.82) is 0 Å². The molecule has 1 aliphatic heterocycles. The van der Waals surface area contributed by atoms with Gasteiger partial charge in [-0.3, -0.25) is 9.78 Å². The summed E-state index contributed by atoms with van der Waals surface area (Å²) in [5.41, 5.74) is 1.38. The molecule has 0 N–H and O–H groups in total. The number of aromatic nitrogens is 3. The molecule has 1 aliphatic rings. The first-order valence-electron chi connectivity index (χ1n) is 9.21. The number of amides is 1. The van der Waals surface area contributed by atoms with Gasteiger partial charge in [-0.25, -0.2) is 14.4 Å². The average molecular weight is 413 g/mol. The van der Waals surface area contributed by atoms with Crippen LogP contribution in [0.25, 0.3) is 11.1 Å². The van der Waals surface area contributed by atoms with Crippen molar-refractivity contribution in [2.24, 2.45) is 0 Å². The number of likely N-dealkylation sites (tertiary alicyclic amines) is 1. The fourth-order valence-electron chi connectivity index (χ4n) is 3.31. The number of carbonyl (C=O) groups is 1. The van der Waals surface area contributed by atoms with Crippen molar-refractivity contribution >= 4 is 17.5 Å². The van der Waals surface area contributed by atoms with E-state index in [2.05, 4.69) is 15.0 Å². The maximum absolute atomic E-state index is 14.6. The number of pyridine rings is 1. The second kappa shape index (κ2) is 8.53. The maximum Gasteiger partial charge on any atom is 0.256 e. The van der Waals surface area contributed by atoms with Gasteiger partial charge in [-0.1, -0.05) is 17.7 Å². The number of piperidine rings is 1. The van der Waals surface area contributed by atoms with Crippen LogP contribution >= 0.6 is 11.6 Å². The Morgan fingerprint density at radius 2 is 1.79 bits per heavy atom. The van der Waals surface area contributed by atoms with Gasteiger partial charge in [-0.2, -0.15) is 0 Å². The molecule has 1 aromatic carbocycles. The summed E-state index contributed by atoms with van der Waals surface area (Å²) in [4.78, 5) is 26.3. The van der Waals surface area contributed by atoms with E-state index in [1.165, 1.54) is 18.5 Å². The van der Waals surface area contributed by atoms with E-state index in [1.807, 2.05) is 0 Å². The molecule has 1 saturated heterocycles. The molecule has 3 aromatic rings. The van der Waals surface area contributed by atoms with Crippen LogP contribution in [-0.2, 0) is 0 Å². The van der Waals surface area contributed by atoms with Gasteiger partial charge in [0.05, 0.1) is 16.8 Å². The number of nitrogens with zero attached hydrogens (tertiary/aromatic N) is 4. The Hall–Kier alpha value is -3.06. The lowest BCUT2D eigenvalue weighted by molar-refractivity contribution is 0.0591. The van der Waals surface area contributed by atoms with E-state index in [9.17, 15) is 9.18 Å². The van der Waals surface area contributed by atoms with E-state index in [0.717, 1.165) is 0 Å². The van der Waals surface area contributed by atoms with E-state index >= 15 is 0 Å². The Balaban J connectivity index is 1.39. The van der Waals surface area contributed by atoms with Gasteiger partial charge >= 0.3 is 0 Å². The zero-order valence-electron chi connectivity index (χ0n) is 15.5. The number of carbonyl (C=O) groups excluding carboxylic acids is 1. The number of benzene rings is 1. The van der Waals surface area contributed by atoms with Crippen molar-refractivity contribution in [2.75, 3.05) is 13.1 Å². The zero-order valence-corrected chi connectivity index (χ0v) is 16.2. The van der Waals surface area contributed by atoms with Crippen molar-refractivity contribution in [3.05, 3.63) is 71.8 Å².